The van der Waals surface area contributed by atoms with Crippen LogP contribution in [0.3, 0.4) is 0 Å². The fraction of sp³-hybridized carbons (Fsp3) is 0.500. The topological polar surface area (TPSA) is 54.9 Å². The highest BCUT2D eigenvalue weighted by molar-refractivity contribution is 6.30. The number of hydrogen-bond donors (Lipinski definition) is 0. The molecular weight excluding hydrogens is 414 g/mol. The van der Waals surface area contributed by atoms with Crippen LogP contribution < -0.4 is 4.74 Å². The number of benzene rings is 1. The summed E-state index contributed by atoms with van der Waals surface area (Å²) < 4.78 is 11.7. The van der Waals surface area contributed by atoms with Crippen LogP contribution in [0.2, 0.25) is 5.02 Å². The van der Waals surface area contributed by atoms with Crippen LogP contribution in [0.4, 0.5) is 4.79 Å². The number of carbonyl (C=O) groups excluding carboxylic acids is 1. The van der Waals surface area contributed by atoms with Crippen LogP contribution in [0.5, 0.6) is 5.75 Å². The first kappa shape index (κ1) is 20.6. The molecule has 0 radical (unpaired) electrons. The summed E-state index contributed by atoms with van der Waals surface area (Å²) in [4.78, 5) is 21.6. The van der Waals surface area contributed by atoms with E-state index in [9.17, 15) is 4.79 Å². The van der Waals surface area contributed by atoms with Gasteiger partial charge in [-0.15, -0.1) is 0 Å². The van der Waals surface area contributed by atoms with Gasteiger partial charge in [-0.3, -0.25) is 9.88 Å². The number of aromatic nitrogens is 1. The van der Waals surface area contributed by atoms with Gasteiger partial charge in [0.15, 0.2) is 0 Å². The Morgan fingerprint density at radius 3 is 2.74 bits per heavy atom. The van der Waals surface area contributed by atoms with Gasteiger partial charge in [-0.25, -0.2) is 4.79 Å². The Morgan fingerprint density at radius 2 is 2.00 bits per heavy atom. The highest BCUT2D eigenvalue weighted by atomic mass is 35.5. The molecule has 2 unspecified atom stereocenters. The highest BCUT2D eigenvalue weighted by Gasteiger charge is 2.62. The van der Waals surface area contributed by atoms with Crippen molar-refractivity contribution in [3.8, 4) is 5.75 Å². The van der Waals surface area contributed by atoms with Crippen LogP contribution in [-0.4, -0.2) is 58.7 Å². The number of fused-ring (bicyclic) bond motifs is 4. The van der Waals surface area contributed by atoms with Crippen LogP contribution in [-0.2, 0) is 16.8 Å². The summed E-state index contributed by atoms with van der Waals surface area (Å²) in [6.45, 7) is 9.17. The van der Waals surface area contributed by atoms with E-state index in [0.717, 1.165) is 42.1 Å². The van der Waals surface area contributed by atoms with E-state index in [1.807, 2.05) is 50.1 Å². The summed E-state index contributed by atoms with van der Waals surface area (Å²) in [6.07, 6.45) is 2.63. The molecule has 6 nitrogen and oxygen atoms in total. The van der Waals surface area contributed by atoms with Gasteiger partial charge in [0.25, 0.3) is 0 Å². The van der Waals surface area contributed by atoms with Crippen LogP contribution >= 0.6 is 11.6 Å². The molecule has 2 aliphatic heterocycles. The average molecular weight is 442 g/mol. The molecule has 3 aliphatic rings. The predicted octanol–water partition coefficient (Wildman–Crippen LogP) is 4.24. The highest BCUT2D eigenvalue weighted by Crippen LogP contribution is 2.60. The smallest absolute Gasteiger partial charge is 0.410 e. The summed E-state index contributed by atoms with van der Waals surface area (Å²) in [5.74, 6) is 0.848. The Balaban J connectivity index is 1.40. The molecule has 1 aliphatic carbocycles. The number of nitrogens with zero attached hydrogens (tertiary/aromatic N) is 3. The largest absolute Gasteiger partial charge is 0.488 e. The first-order chi connectivity index (χ1) is 14.8. The lowest BCUT2D eigenvalue weighted by Gasteiger charge is -2.37. The first-order valence-electron chi connectivity index (χ1n) is 10.9. The van der Waals surface area contributed by atoms with Gasteiger partial charge in [-0.2, -0.15) is 0 Å². The van der Waals surface area contributed by atoms with Gasteiger partial charge in [0.2, 0.25) is 0 Å². The molecular formula is C24H28ClN3O3. The molecule has 1 saturated heterocycles. The summed E-state index contributed by atoms with van der Waals surface area (Å²) in [5.41, 5.74) is 2.73. The Morgan fingerprint density at radius 1 is 1.23 bits per heavy atom. The maximum atomic E-state index is 12.5. The van der Waals surface area contributed by atoms with Gasteiger partial charge < -0.3 is 14.4 Å². The van der Waals surface area contributed by atoms with Gasteiger partial charge in [-0.05, 0) is 45.4 Å². The van der Waals surface area contributed by atoms with Crippen molar-refractivity contribution < 1.29 is 14.3 Å². The predicted molar refractivity (Wildman–Crippen MR) is 119 cm³/mol. The van der Waals surface area contributed by atoms with Crippen LogP contribution in [0.1, 0.15) is 44.0 Å². The third-order valence-corrected chi connectivity index (χ3v) is 6.69. The monoisotopic (exact) mass is 441 g/mol. The Bertz CT molecular complexity index is 1010. The molecule has 1 aromatic heterocycles. The second-order valence-electron chi connectivity index (χ2n) is 9.63. The molecule has 1 amide bonds. The van der Waals surface area contributed by atoms with E-state index in [0.29, 0.717) is 30.8 Å². The lowest BCUT2D eigenvalue weighted by atomic mass is 9.88. The van der Waals surface area contributed by atoms with Crippen molar-refractivity contribution in [3.05, 3.63) is 58.4 Å². The second kappa shape index (κ2) is 7.38. The Kier molecular flexibility index (Phi) is 4.90. The van der Waals surface area contributed by atoms with Crippen molar-refractivity contribution in [3.63, 3.8) is 0 Å². The minimum absolute atomic E-state index is 0.193. The summed E-state index contributed by atoms with van der Waals surface area (Å²) in [5, 5.41) is 0.677. The number of piperazine rings is 1. The summed E-state index contributed by atoms with van der Waals surface area (Å²) in [6, 6.07) is 10.3. The zero-order valence-electron chi connectivity index (χ0n) is 18.2. The Hall–Kier alpha value is -2.31. The minimum atomic E-state index is -0.477. The quantitative estimate of drug-likeness (QED) is 0.662. The standard InChI is InChI=1S/C24H28ClN3O3/c1-23(2,3)31-22(29)28-11-9-27(10-12-28)20-14-24(20)18-7-6-17(25)13-19(18)30-15-16-5-4-8-26-21(16)24/h4-8,13,20H,9-12,14-15H2,1-3H3. The van der Waals surface area contributed by atoms with Gasteiger partial charge in [0.1, 0.15) is 18.0 Å². The van der Waals surface area contributed by atoms with Crippen molar-refractivity contribution in [1.29, 1.82) is 0 Å². The molecule has 0 bridgehead atoms. The van der Waals surface area contributed by atoms with Crippen molar-refractivity contribution in [2.75, 3.05) is 26.2 Å². The molecule has 164 valence electrons. The zero-order valence-corrected chi connectivity index (χ0v) is 19.0. The number of halogens is 1. The molecule has 2 atom stereocenters. The molecule has 7 heteroatoms. The third kappa shape index (κ3) is 3.66. The number of pyridine rings is 1. The van der Waals surface area contributed by atoms with Gasteiger partial charge in [-0.1, -0.05) is 23.7 Å². The van der Waals surface area contributed by atoms with Crippen LogP contribution in [0, 0.1) is 0 Å². The van der Waals surface area contributed by atoms with Crippen LogP contribution in [0.15, 0.2) is 36.5 Å². The van der Waals surface area contributed by atoms with Crippen molar-refractivity contribution in [2.24, 2.45) is 0 Å². The van der Waals surface area contributed by atoms with Gasteiger partial charge in [0.05, 0.1) is 11.1 Å². The van der Waals surface area contributed by atoms with Crippen molar-refractivity contribution in [1.82, 2.24) is 14.8 Å². The summed E-state index contributed by atoms with van der Waals surface area (Å²) >= 11 is 6.28. The fourth-order valence-corrected chi connectivity index (χ4v) is 5.16. The van der Waals surface area contributed by atoms with Crippen molar-refractivity contribution in [2.45, 2.75) is 50.9 Å². The zero-order chi connectivity index (χ0) is 21.8. The molecule has 1 aromatic carbocycles. The molecule has 1 spiro atoms. The number of carbonyl (C=O) groups is 1. The lowest BCUT2D eigenvalue weighted by Crippen LogP contribution is -2.51. The fourth-order valence-electron chi connectivity index (χ4n) is 5.00. The lowest BCUT2D eigenvalue weighted by molar-refractivity contribution is 0.0133. The van der Waals surface area contributed by atoms with E-state index in [1.165, 1.54) is 0 Å². The molecule has 2 fully saturated rings. The number of ether oxygens (including phenoxy) is 2. The maximum Gasteiger partial charge on any atom is 0.410 e. The molecule has 1 saturated carbocycles. The third-order valence-electron chi connectivity index (χ3n) is 6.45. The van der Waals surface area contributed by atoms with E-state index in [2.05, 4.69) is 17.0 Å². The second-order valence-corrected chi connectivity index (χ2v) is 10.1. The average Bonchev–Trinajstić information content (AvgIpc) is 3.49. The van der Waals surface area contributed by atoms with Crippen LogP contribution in [0.25, 0.3) is 0 Å². The summed E-state index contributed by atoms with van der Waals surface area (Å²) in [7, 11) is 0. The molecule has 2 aromatic rings. The molecule has 31 heavy (non-hydrogen) atoms. The number of hydrogen-bond acceptors (Lipinski definition) is 5. The normalized spacial score (nSPS) is 25.3. The molecule has 0 N–H and O–H groups in total. The van der Waals surface area contributed by atoms with E-state index < -0.39 is 5.60 Å². The maximum absolute atomic E-state index is 12.5. The minimum Gasteiger partial charge on any atom is -0.488 e. The van der Waals surface area contributed by atoms with E-state index >= 15 is 0 Å². The number of amides is 1. The molecule has 3 heterocycles. The first-order valence-corrected chi connectivity index (χ1v) is 11.2. The Labute approximate surface area is 188 Å². The molecule has 5 rings (SSSR count). The van der Waals surface area contributed by atoms with Crippen molar-refractivity contribution >= 4 is 17.7 Å². The van der Waals surface area contributed by atoms with E-state index in [1.54, 1.807) is 0 Å². The SMILES string of the molecule is CC(C)(C)OC(=O)N1CCN(C2CC23c2ccc(Cl)cc2OCc2cccnc23)CC1. The van der Waals surface area contributed by atoms with E-state index in [4.69, 9.17) is 26.1 Å². The number of rotatable bonds is 1. The van der Waals surface area contributed by atoms with E-state index in [-0.39, 0.29) is 11.5 Å². The van der Waals surface area contributed by atoms with Gasteiger partial charge >= 0.3 is 6.09 Å². The van der Waals surface area contributed by atoms with Gasteiger partial charge in [0, 0.05) is 54.6 Å².